The summed E-state index contributed by atoms with van der Waals surface area (Å²) in [5.74, 6) is -0.725. The molecule has 0 spiro atoms. The Morgan fingerprint density at radius 3 is 2.37 bits per heavy atom. The van der Waals surface area contributed by atoms with Crippen LogP contribution in [-0.4, -0.2) is 74.6 Å². The highest BCUT2D eigenvalue weighted by molar-refractivity contribution is 8.13. The zero-order chi connectivity index (χ0) is 20.0. The molecule has 1 aliphatic rings. The van der Waals surface area contributed by atoms with Crippen LogP contribution in [0, 0.1) is 0 Å². The van der Waals surface area contributed by atoms with Crippen LogP contribution >= 0.6 is 11.8 Å². The van der Waals surface area contributed by atoms with Crippen molar-refractivity contribution in [3.8, 4) is 0 Å². The Morgan fingerprint density at radius 1 is 1.11 bits per heavy atom. The Morgan fingerprint density at radius 2 is 1.81 bits per heavy atom. The van der Waals surface area contributed by atoms with Gasteiger partial charge in [0.1, 0.15) is 0 Å². The Labute approximate surface area is 165 Å². The maximum absolute atomic E-state index is 12.6. The highest BCUT2D eigenvalue weighted by Crippen LogP contribution is 2.25. The zero-order valence-corrected chi connectivity index (χ0v) is 17.4. The third-order valence-corrected chi connectivity index (χ3v) is 4.81. The fourth-order valence-electron chi connectivity index (χ4n) is 2.49. The minimum Gasteiger partial charge on any atom is -0.463 e. The van der Waals surface area contributed by atoms with Gasteiger partial charge in [-0.05, 0) is 40.0 Å². The minimum atomic E-state index is -1.76. The maximum Gasteiger partial charge on any atom is 0.350 e. The Hall–Kier alpha value is -1.32. The second-order valence-corrected chi connectivity index (χ2v) is 6.82. The van der Waals surface area contributed by atoms with E-state index >= 15 is 0 Å². The molecule has 0 bridgehead atoms. The van der Waals surface area contributed by atoms with Gasteiger partial charge >= 0.3 is 11.9 Å². The number of aliphatic imine (C=N–C) groups is 1. The summed E-state index contributed by atoms with van der Waals surface area (Å²) in [6.45, 7) is 8.22. The smallest absolute Gasteiger partial charge is 0.350 e. The topological polar surface area (TPSA) is 95.5 Å². The molecular weight excluding hydrogens is 372 g/mol. The molecule has 0 aliphatic carbocycles. The molecule has 0 aromatic rings. The number of carbonyl (C=O) groups excluding carboxylic acids is 2. The largest absolute Gasteiger partial charge is 0.463 e. The lowest BCUT2D eigenvalue weighted by atomic mass is 9.97. The summed E-state index contributed by atoms with van der Waals surface area (Å²) in [5.41, 5.74) is -1.76. The third-order valence-electron chi connectivity index (χ3n) is 3.77. The molecule has 1 rings (SSSR count). The molecule has 0 unspecified atom stereocenters. The molecule has 27 heavy (non-hydrogen) atoms. The number of nitrogens with zero attached hydrogens (tertiary/aromatic N) is 1. The Bertz CT molecular complexity index is 468. The molecule has 1 N–H and O–H groups in total. The number of carbonyl (C=O) groups is 2. The lowest BCUT2D eigenvalue weighted by Gasteiger charge is -2.29. The van der Waals surface area contributed by atoms with Gasteiger partial charge in [0, 0.05) is 25.4 Å². The van der Waals surface area contributed by atoms with Crippen molar-refractivity contribution in [2.45, 2.75) is 45.6 Å². The van der Waals surface area contributed by atoms with E-state index in [9.17, 15) is 9.59 Å². The molecule has 0 saturated heterocycles. The van der Waals surface area contributed by atoms with Crippen LogP contribution in [0.15, 0.2) is 4.99 Å². The fourth-order valence-corrected chi connectivity index (χ4v) is 3.36. The van der Waals surface area contributed by atoms with Gasteiger partial charge in [-0.25, -0.2) is 9.59 Å². The first-order chi connectivity index (χ1) is 13.1. The summed E-state index contributed by atoms with van der Waals surface area (Å²) in [6.07, 6.45) is 1.78. The van der Waals surface area contributed by atoms with E-state index in [1.165, 1.54) is 0 Å². The zero-order valence-electron chi connectivity index (χ0n) is 16.6. The number of nitrogens with one attached hydrogen (secondary N) is 1. The van der Waals surface area contributed by atoms with Gasteiger partial charge in [-0.3, -0.25) is 4.99 Å². The molecule has 0 amide bonds. The average Bonchev–Trinajstić information content (AvgIpc) is 2.68. The molecule has 156 valence electrons. The SMILES string of the molecule is CCOCCOC(CCCSC1=NCCCN1)(C(=O)OCC)C(=O)OCC. The van der Waals surface area contributed by atoms with E-state index in [4.69, 9.17) is 18.9 Å². The quantitative estimate of drug-likeness (QED) is 0.282. The van der Waals surface area contributed by atoms with Crippen LogP contribution in [-0.2, 0) is 28.5 Å². The molecule has 0 saturated carbocycles. The molecule has 0 fully saturated rings. The second kappa shape index (κ2) is 13.8. The molecular formula is C18H32N2O6S. The molecule has 8 nitrogen and oxygen atoms in total. The number of esters is 2. The van der Waals surface area contributed by atoms with Crippen molar-refractivity contribution in [1.29, 1.82) is 0 Å². The van der Waals surface area contributed by atoms with Crippen LogP contribution in [0.4, 0.5) is 0 Å². The summed E-state index contributed by atoms with van der Waals surface area (Å²) in [4.78, 5) is 29.6. The van der Waals surface area contributed by atoms with E-state index in [2.05, 4.69) is 10.3 Å². The number of amidine groups is 1. The van der Waals surface area contributed by atoms with Gasteiger partial charge < -0.3 is 24.3 Å². The average molecular weight is 405 g/mol. The number of thioether (sulfide) groups is 1. The molecule has 1 heterocycles. The van der Waals surface area contributed by atoms with Gasteiger partial charge in [0.2, 0.25) is 0 Å². The lowest BCUT2D eigenvalue weighted by Crippen LogP contribution is -2.52. The highest BCUT2D eigenvalue weighted by atomic mass is 32.2. The standard InChI is InChI=1S/C18H32N2O6S/c1-4-23-12-13-26-18(15(21)24-5-2,16(22)25-6-3)9-7-14-27-17-19-10-8-11-20-17/h4-14H2,1-3H3,(H,19,20). The first kappa shape index (κ1) is 23.7. The van der Waals surface area contributed by atoms with Crippen molar-refractivity contribution in [2.24, 2.45) is 4.99 Å². The van der Waals surface area contributed by atoms with Crippen molar-refractivity contribution < 1.29 is 28.5 Å². The third kappa shape index (κ3) is 8.06. The maximum atomic E-state index is 12.6. The van der Waals surface area contributed by atoms with E-state index in [1.54, 1.807) is 25.6 Å². The van der Waals surface area contributed by atoms with Gasteiger partial charge in [0.25, 0.3) is 5.60 Å². The fraction of sp³-hybridized carbons (Fsp3) is 0.833. The van der Waals surface area contributed by atoms with Crippen LogP contribution in [0.1, 0.15) is 40.0 Å². The number of hydrogen-bond acceptors (Lipinski definition) is 9. The van der Waals surface area contributed by atoms with E-state index in [1.807, 2.05) is 6.92 Å². The second-order valence-electron chi connectivity index (χ2n) is 5.73. The summed E-state index contributed by atoms with van der Waals surface area (Å²) in [5, 5.41) is 4.13. The highest BCUT2D eigenvalue weighted by Gasteiger charge is 2.50. The van der Waals surface area contributed by atoms with Crippen molar-refractivity contribution in [1.82, 2.24) is 5.32 Å². The van der Waals surface area contributed by atoms with Gasteiger partial charge in [0.15, 0.2) is 5.17 Å². The molecule has 0 radical (unpaired) electrons. The predicted octanol–water partition coefficient (Wildman–Crippen LogP) is 1.77. The monoisotopic (exact) mass is 404 g/mol. The van der Waals surface area contributed by atoms with Crippen LogP contribution in [0.2, 0.25) is 0 Å². The first-order valence-electron chi connectivity index (χ1n) is 9.58. The van der Waals surface area contributed by atoms with E-state index in [0.717, 1.165) is 24.7 Å². The summed E-state index contributed by atoms with van der Waals surface area (Å²) >= 11 is 1.57. The van der Waals surface area contributed by atoms with Gasteiger partial charge in [-0.1, -0.05) is 11.8 Å². The number of ether oxygens (including phenoxy) is 4. The molecule has 0 atom stereocenters. The molecule has 0 aromatic carbocycles. The van der Waals surface area contributed by atoms with Crippen LogP contribution < -0.4 is 5.32 Å². The van der Waals surface area contributed by atoms with Gasteiger partial charge in [-0.2, -0.15) is 0 Å². The lowest BCUT2D eigenvalue weighted by molar-refractivity contribution is -0.193. The number of hydrogen-bond donors (Lipinski definition) is 1. The summed E-state index contributed by atoms with van der Waals surface area (Å²) < 4.78 is 21.2. The van der Waals surface area contributed by atoms with Crippen LogP contribution in [0.5, 0.6) is 0 Å². The number of rotatable bonds is 13. The molecule has 1 aliphatic heterocycles. The molecule has 9 heteroatoms. The van der Waals surface area contributed by atoms with Gasteiger partial charge in [0.05, 0.1) is 26.4 Å². The van der Waals surface area contributed by atoms with Crippen molar-refractivity contribution in [2.75, 3.05) is 51.9 Å². The predicted molar refractivity (Wildman–Crippen MR) is 105 cm³/mol. The Kier molecular flexibility index (Phi) is 12.1. The van der Waals surface area contributed by atoms with Crippen molar-refractivity contribution in [3.63, 3.8) is 0 Å². The first-order valence-corrected chi connectivity index (χ1v) is 10.6. The summed E-state index contributed by atoms with van der Waals surface area (Å²) in [7, 11) is 0. The summed E-state index contributed by atoms with van der Waals surface area (Å²) in [6, 6.07) is 0. The minimum absolute atomic E-state index is 0.104. The van der Waals surface area contributed by atoms with Crippen molar-refractivity contribution >= 4 is 28.9 Å². The van der Waals surface area contributed by atoms with Crippen molar-refractivity contribution in [3.05, 3.63) is 0 Å². The van der Waals surface area contributed by atoms with E-state index in [0.29, 0.717) is 18.8 Å². The van der Waals surface area contributed by atoms with Gasteiger partial charge in [-0.15, -0.1) is 0 Å². The van der Waals surface area contributed by atoms with Crippen LogP contribution in [0.3, 0.4) is 0 Å². The van der Waals surface area contributed by atoms with E-state index in [-0.39, 0.29) is 32.8 Å². The van der Waals surface area contributed by atoms with Crippen LogP contribution in [0.25, 0.3) is 0 Å². The molecule has 0 aromatic heterocycles. The Balaban J connectivity index is 2.75. The van der Waals surface area contributed by atoms with E-state index < -0.39 is 17.5 Å². The normalized spacial score (nSPS) is 14.3.